The molecular weight excluding hydrogens is 262 g/mol. The smallest absolute Gasteiger partial charge is 0.245 e. The van der Waals surface area contributed by atoms with E-state index >= 15 is 0 Å². The number of nitrogens with zero attached hydrogens (tertiary/aromatic N) is 2. The fourth-order valence-corrected chi connectivity index (χ4v) is 3.34. The maximum atomic E-state index is 12.4. The number of aromatic nitrogens is 1. The summed E-state index contributed by atoms with van der Waals surface area (Å²) < 4.78 is 28.1. The van der Waals surface area contributed by atoms with Gasteiger partial charge in [0.05, 0.1) is 6.54 Å². The molecule has 1 aromatic rings. The van der Waals surface area contributed by atoms with Gasteiger partial charge in [-0.05, 0) is 20.0 Å². The van der Waals surface area contributed by atoms with E-state index in [9.17, 15) is 8.42 Å². The first-order chi connectivity index (χ1) is 9.01. The molecule has 0 aliphatic heterocycles. The van der Waals surface area contributed by atoms with E-state index < -0.39 is 10.0 Å². The minimum absolute atomic E-state index is 0.0947. The largest absolute Gasteiger partial charge is 0.349 e. The van der Waals surface area contributed by atoms with Gasteiger partial charge in [-0.1, -0.05) is 12.8 Å². The van der Waals surface area contributed by atoms with Crippen molar-refractivity contribution in [1.29, 1.82) is 0 Å². The topological polar surface area (TPSA) is 54.3 Å². The predicted molar refractivity (Wildman–Crippen MR) is 76.1 cm³/mol. The molecule has 0 aliphatic carbocycles. The van der Waals surface area contributed by atoms with E-state index in [-0.39, 0.29) is 6.54 Å². The number of aryl methyl sites for hydroxylation is 1. The van der Waals surface area contributed by atoms with Gasteiger partial charge >= 0.3 is 0 Å². The Morgan fingerprint density at radius 3 is 2.63 bits per heavy atom. The van der Waals surface area contributed by atoms with Gasteiger partial charge < -0.3 is 9.88 Å². The molecule has 0 aromatic carbocycles. The van der Waals surface area contributed by atoms with Gasteiger partial charge in [0.2, 0.25) is 10.0 Å². The second-order valence-corrected chi connectivity index (χ2v) is 6.06. The van der Waals surface area contributed by atoms with Gasteiger partial charge in [0.25, 0.3) is 0 Å². The van der Waals surface area contributed by atoms with Crippen molar-refractivity contribution in [3.63, 3.8) is 0 Å². The second-order valence-electron chi connectivity index (χ2n) is 4.12. The fraction of sp³-hybridized carbons (Fsp3) is 0.538. The molecule has 0 spiro atoms. The molecular formula is C13H21N3O2S. The summed E-state index contributed by atoms with van der Waals surface area (Å²) in [7, 11) is -1.67. The van der Waals surface area contributed by atoms with E-state index in [2.05, 4.69) is 11.2 Å². The summed E-state index contributed by atoms with van der Waals surface area (Å²) in [6, 6.07) is 1.70. The Bertz CT molecular complexity index is 555. The average Bonchev–Trinajstić information content (AvgIpc) is 2.80. The summed E-state index contributed by atoms with van der Waals surface area (Å²) >= 11 is 0. The quantitative estimate of drug-likeness (QED) is 0.756. The number of nitrogens with one attached hydrogen (secondary N) is 1. The minimum Gasteiger partial charge on any atom is -0.349 e. The van der Waals surface area contributed by atoms with Crippen LogP contribution < -0.4 is 5.32 Å². The van der Waals surface area contributed by atoms with Gasteiger partial charge in [-0.25, -0.2) is 8.42 Å². The lowest BCUT2D eigenvalue weighted by atomic mass is 10.4. The minimum atomic E-state index is -3.50. The first-order valence-electron chi connectivity index (χ1n) is 6.28. The number of terminal acetylenes is 1. The van der Waals surface area contributed by atoms with Crippen LogP contribution in [-0.2, 0) is 23.1 Å². The lowest BCUT2D eigenvalue weighted by molar-refractivity contribution is 0.464. The number of hydrogen-bond acceptors (Lipinski definition) is 3. The molecule has 1 heterocycles. The van der Waals surface area contributed by atoms with Crippen LogP contribution >= 0.6 is 0 Å². The molecule has 1 N–H and O–H groups in total. The molecule has 5 nitrogen and oxygen atoms in total. The van der Waals surface area contributed by atoms with Crippen LogP contribution in [0.5, 0.6) is 0 Å². The van der Waals surface area contributed by atoms with Crippen molar-refractivity contribution in [3.8, 4) is 12.3 Å². The summed E-state index contributed by atoms with van der Waals surface area (Å²) in [4.78, 5) is 0.303. The van der Waals surface area contributed by atoms with Crippen LogP contribution in [0.4, 0.5) is 0 Å². The zero-order valence-corrected chi connectivity index (χ0v) is 12.5. The van der Waals surface area contributed by atoms with E-state index in [0.717, 1.165) is 12.2 Å². The average molecular weight is 283 g/mol. The Labute approximate surface area is 115 Å². The first-order valence-corrected chi connectivity index (χ1v) is 7.72. The van der Waals surface area contributed by atoms with Crippen molar-refractivity contribution in [3.05, 3.63) is 18.0 Å². The Morgan fingerprint density at radius 1 is 1.47 bits per heavy atom. The maximum Gasteiger partial charge on any atom is 0.245 e. The summed E-state index contributed by atoms with van der Waals surface area (Å²) in [5, 5.41) is 3.03. The van der Waals surface area contributed by atoms with Crippen LogP contribution in [0, 0.1) is 12.3 Å². The van der Waals surface area contributed by atoms with E-state index in [1.54, 1.807) is 19.2 Å². The van der Waals surface area contributed by atoms with Gasteiger partial charge in [0, 0.05) is 31.5 Å². The molecule has 0 unspecified atom stereocenters. The van der Waals surface area contributed by atoms with E-state index in [1.165, 1.54) is 4.31 Å². The molecule has 0 radical (unpaired) electrons. The molecule has 1 aromatic heterocycles. The van der Waals surface area contributed by atoms with Crippen LogP contribution in [0.1, 0.15) is 19.5 Å². The van der Waals surface area contributed by atoms with Crippen LogP contribution in [-0.4, -0.2) is 37.4 Å². The monoisotopic (exact) mass is 283 g/mol. The lowest BCUT2D eigenvalue weighted by Crippen LogP contribution is -2.31. The van der Waals surface area contributed by atoms with E-state index in [4.69, 9.17) is 6.42 Å². The molecule has 0 saturated carbocycles. The highest BCUT2D eigenvalue weighted by atomic mass is 32.2. The SMILES string of the molecule is C#CCN(CC)S(=O)(=O)c1cc(CNC)n(CC)c1. The Kier molecular flexibility index (Phi) is 5.60. The third-order valence-corrected chi connectivity index (χ3v) is 4.80. The van der Waals surface area contributed by atoms with Gasteiger partial charge in [0.1, 0.15) is 4.90 Å². The van der Waals surface area contributed by atoms with Crippen molar-refractivity contribution in [2.75, 3.05) is 20.1 Å². The van der Waals surface area contributed by atoms with Crippen LogP contribution in [0.15, 0.2) is 17.2 Å². The first kappa shape index (κ1) is 15.8. The standard InChI is InChI=1S/C13H21N3O2S/c1-5-8-16(7-3)19(17,18)13-9-12(10-14-4)15(6-2)11-13/h1,9,11,14H,6-8,10H2,2-4H3. The third kappa shape index (κ3) is 3.38. The Morgan fingerprint density at radius 2 is 2.16 bits per heavy atom. The number of sulfonamides is 1. The molecule has 0 atom stereocenters. The molecule has 0 aliphatic rings. The summed E-state index contributed by atoms with van der Waals surface area (Å²) in [5.41, 5.74) is 0.945. The van der Waals surface area contributed by atoms with Gasteiger partial charge in [-0.15, -0.1) is 6.42 Å². The summed E-state index contributed by atoms with van der Waals surface area (Å²) in [6.07, 6.45) is 6.89. The molecule has 0 saturated heterocycles. The van der Waals surface area contributed by atoms with Crippen molar-refractivity contribution in [2.45, 2.75) is 31.8 Å². The molecule has 1 rings (SSSR count). The third-order valence-electron chi connectivity index (χ3n) is 2.92. The highest BCUT2D eigenvalue weighted by molar-refractivity contribution is 7.89. The summed E-state index contributed by atoms with van der Waals surface area (Å²) in [6.45, 7) is 5.58. The fourth-order valence-electron chi connectivity index (χ4n) is 1.91. The molecule has 106 valence electrons. The van der Waals surface area contributed by atoms with Crippen LogP contribution in [0.3, 0.4) is 0 Å². The van der Waals surface area contributed by atoms with Crippen molar-refractivity contribution in [2.24, 2.45) is 0 Å². The zero-order chi connectivity index (χ0) is 14.5. The van der Waals surface area contributed by atoms with Gasteiger partial charge in [0.15, 0.2) is 0 Å². The highest BCUT2D eigenvalue weighted by Crippen LogP contribution is 2.19. The Hall–Kier alpha value is -1.29. The van der Waals surface area contributed by atoms with Gasteiger partial charge in [-0.3, -0.25) is 0 Å². The van der Waals surface area contributed by atoms with Crippen molar-refractivity contribution in [1.82, 2.24) is 14.2 Å². The van der Waals surface area contributed by atoms with E-state index in [0.29, 0.717) is 18.0 Å². The highest BCUT2D eigenvalue weighted by Gasteiger charge is 2.24. The molecule has 0 amide bonds. The Balaban J connectivity index is 3.18. The number of rotatable bonds is 7. The van der Waals surface area contributed by atoms with E-state index in [1.807, 2.05) is 18.5 Å². The molecule has 0 bridgehead atoms. The normalized spacial score (nSPS) is 11.7. The van der Waals surface area contributed by atoms with Gasteiger partial charge in [-0.2, -0.15) is 4.31 Å². The second kappa shape index (κ2) is 6.75. The summed E-state index contributed by atoms with van der Waals surface area (Å²) in [5.74, 6) is 2.38. The van der Waals surface area contributed by atoms with Crippen molar-refractivity contribution < 1.29 is 8.42 Å². The van der Waals surface area contributed by atoms with Crippen LogP contribution in [0.25, 0.3) is 0 Å². The lowest BCUT2D eigenvalue weighted by Gasteiger charge is -2.16. The van der Waals surface area contributed by atoms with Crippen LogP contribution in [0.2, 0.25) is 0 Å². The predicted octanol–water partition coefficient (Wildman–Crippen LogP) is 0.871. The molecule has 0 fully saturated rings. The zero-order valence-electron chi connectivity index (χ0n) is 11.7. The number of hydrogen-bond donors (Lipinski definition) is 1. The van der Waals surface area contributed by atoms with Crippen molar-refractivity contribution >= 4 is 10.0 Å². The maximum absolute atomic E-state index is 12.4. The molecule has 6 heteroatoms. The molecule has 19 heavy (non-hydrogen) atoms.